The molecule has 3 heteroatoms. The summed E-state index contributed by atoms with van der Waals surface area (Å²) in [6, 6.07) is 12.0. The fraction of sp³-hybridized carbons (Fsp3) is 0.222. The number of alkyl halides is 1. The monoisotopic (exact) mass is 186 g/mol. The number of benzene rings is 1. The third-order valence-corrected chi connectivity index (χ3v) is 1.16. The van der Waals surface area contributed by atoms with E-state index in [9.17, 15) is 4.79 Å². The molecule has 0 bridgehead atoms. The van der Waals surface area contributed by atoms with E-state index in [1.54, 1.807) is 0 Å². The molecule has 1 N–H and O–H groups in total. The number of rotatable bonds is 2. The van der Waals surface area contributed by atoms with Gasteiger partial charge in [0.15, 0.2) is 0 Å². The van der Waals surface area contributed by atoms with Crippen LogP contribution >= 0.6 is 11.6 Å². The predicted octanol–water partition coefficient (Wildman–Crippen LogP) is 2.39. The number of hydrogen-bond donors (Lipinski definition) is 1. The van der Waals surface area contributed by atoms with Crippen LogP contribution in [0.15, 0.2) is 36.4 Å². The van der Waals surface area contributed by atoms with Crippen molar-refractivity contribution >= 4 is 17.6 Å². The summed E-state index contributed by atoms with van der Waals surface area (Å²) in [5.41, 5.74) is 0. The minimum atomic E-state index is -0.843. The molecule has 1 aromatic carbocycles. The van der Waals surface area contributed by atoms with E-state index < -0.39 is 5.97 Å². The SMILES string of the molecule is O=C(O)CCCl.c1ccccc1. The first-order valence-electron chi connectivity index (χ1n) is 3.55. The Hall–Kier alpha value is -1.02. The van der Waals surface area contributed by atoms with Crippen LogP contribution in [-0.2, 0) is 4.79 Å². The molecule has 0 amide bonds. The van der Waals surface area contributed by atoms with Crippen molar-refractivity contribution in [3.63, 3.8) is 0 Å². The Morgan fingerprint density at radius 2 is 1.42 bits per heavy atom. The molecule has 0 saturated heterocycles. The van der Waals surface area contributed by atoms with Gasteiger partial charge in [-0.1, -0.05) is 36.4 Å². The number of carboxylic acid groups (broad SMARTS) is 1. The van der Waals surface area contributed by atoms with Gasteiger partial charge in [0.05, 0.1) is 6.42 Å². The molecule has 0 aliphatic rings. The summed E-state index contributed by atoms with van der Waals surface area (Å²) >= 11 is 5.02. The molecule has 1 rings (SSSR count). The van der Waals surface area contributed by atoms with Crippen LogP contribution in [0.4, 0.5) is 0 Å². The van der Waals surface area contributed by atoms with Crippen LogP contribution in [0.5, 0.6) is 0 Å². The molecule has 0 unspecified atom stereocenters. The molecule has 0 fully saturated rings. The van der Waals surface area contributed by atoms with Gasteiger partial charge in [0.25, 0.3) is 0 Å². The van der Waals surface area contributed by atoms with Crippen molar-refractivity contribution in [3.8, 4) is 0 Å². The van der Waals surface area contributed by atoms with Crippen molar-refractivity contribution < 1.29 is 9.90 Å². The molecule has 0 radical (unpaired) electrons. The zero-order chi connectivity index (χ0) is 9.23. The third-order valence-electron chi connectivity index (χ3n) is 0.975. The van der Waals surface area contributed by atoms with E-state index in [-0.39, 0.29) is 12.3 Å². The van der Waals surface area contributed by atoms with Gasteiger partial charge in [0.1, 0.15) is 0 Å². The third kappa shape index (κ3) is 8.98. The van der Waals surface area contributed by atoms with Crippen molar-refractivity contribution in [2.75, 3.05) is 5.88 Å². The second-order valence-electron chi connectivity index (χ2n) is 1.99. The van der Waals surface area contributed by atoms with Crippen LogP contribution in [0.3, 0.4) is 0 Å². The molecule has 0 aromatic heterocycles. The van der Waals surface area contributed by atoms with Crippen LogP contribution in [-0.4, -0.2) is 17.0 Å². The second-order valence-corrected chi connectivity index (χ2v) is 2.37. The minimum Gasteiger partial charge on any atom is -0.481 e. The Labute approximate surface area is 76.8 Å². The molecule has 0 aliphatic heterocycles. The summed E-state index contributed by atoms with van der Waals surface area (Å²) in [5, 5.41) is 7.83. The first-order chi connectivity index (χ1) is 5.77. The number of halogens is 1. The topological polar surface area (TPSA) is 37.3 Å². The number of hydrogen-bond acceptors (Lipinski definition) is 1. The molecule has 12 heavy (non-hydrogen) atoms. The van der Waals surface area contributed by atoms with E-state index in [1.807, 2.05) is 36.4 Å². The van der Waals surface area contributed by atoms with Gasteiger partial charge >= 0.3 is 5.97 Å². The molecular formula is C9H11ClO2. The van der Waals surface area contributed by atoms with Gasteiger partial charge in [-0.15, -0.1) is 11.6 Å². The maximum atomic E-state index is 9.51. The van der Waals surface area contributed by atoms with Gasteiger partial charge in [-0.2, -0.15) is 0 Å². The maximum Gasteiger partial charge on any atom is 0.304 e. The van der Waals surface area contributed by atoms with Gasteiger partial charge in [-0.05, 0) is 0 Å². The average Bonchev–Trinajstić information content (AvgIpc) is 2.08. The molecule has 0 heterocycles. The molecule has 66 valence electrons. The average molecular weight is 187 g/mol. The minimum absolute atomic E-state index is 0.0571. The van der Waals surface area contributed by atoms with Crippen molar-refractivity contribution in [2.45, 2.75) is 6.42 Å². The number of carbonyl (C=O) groups is 1. The molecular weight excluding hydrogens is 176 g/mol. The van der Waals surface area contributed by atoms with Crippen LogP contribution in [0.25, 0.3) is 0 Å². The van der Waals surface area contributed by atoms with Crippen molar-refractivity contribution in [1.82, 2.24) is 0 Å². The highest BCUT2D eigenvalue weighted by molar-refractivity contribution is 6.18. The van der Waals surface area contributed by atoms with E-state index in [1.165, 1.54) is 0 Å². The lowest BCUT2D eigenvalue weighted by Crippen LogP contribution is -1.93. The fourth-order valence-electron chi connectivity index (χ4n) is 0.466. The van der Waals surface area contributed by atoms with Crippen LogP contribution in [0.2, 0.25) is 0 Å². The highest BCUT2D eigenvalue weighted by atomic mass is 35.5. The van der Waals surface area contributed by atoms with Gasteiger partial charge in [0, 0.05) is 5.88 Å². The predicted molar refractivity (Wildman–Crippen MR) is 49.4 cm³/mol. The lowest BCUT2D eigenvalue weighted by Gasteiger charge is -1.78. The van der Waals surface area contributed by atoms with Crippen LogP contribution in [0.1, 0.15) is 6.42 Å². The summed E-state index contributed by atoms with van der Waals surface area (Å²) < 4.78 is 0. The quantitative estimate of drug-likeness (QED) is 0.721. The lowest BCUT2D eigenvalue weighted by molar-refractivity contribution is -0.136. The Kier molecular flexibility index (Phi) is 7.39. The number of carboxylic acids is 1. The van der Waals surface area contributed by atoms with Gasteiger partial charge in [-0.25, -0.2) is 0 Å². The van der Waals surface area contributed by atoms with Crippen LogP contribution < -0.4 is 0 Å². The highest BCUT2D eigenvalue weighted by Crippen LogP contribution is 1.80. The second kappa shape index (κ2) is 8.08. The Balaban J connectivity index is 0.000000202. The van der Waals surface area contributed by atoms with E-state index >= 15 is 0 Å². The summed E-state index contributed by atoms with van der Waals surface area (Å²) in [7, 11) is 0. The molecule has 0 aliphatic carbocycles. The fourth-order valence-corrected chi connectivity index (χ4v) is 0.627. The highest BCUT2D eigenvalue weighted by Gasteiger charge is 1.89. The van der Waals surface area contributed by atoms with E-state index in [4.69, 9.17) is 16.7 Å². The molecule has 2 nitrogen and oxygen atoms in total. The normalized spacial score (nSPS) is 8.08. The summed E-state index contributed by atoms with van der Waals surface area (Å²) in [6.45, 7) is 0. The van der Waals surface area contributed by atoms with Gasteiger partial charge in [0.2, 0.25) is 0 Å². The first-order valence-corrected chi connectivity index (χ1v) is 4.08. The zero-order valence-corrected chi connectivity index (χ0v) is 7.37. The van der Waals surface area contributed by atoms with Gasteiger partial charge < -0.3 is 5.11 Å². The van der Waals surface area contributed by atoms with Crippen LogP contribution in [0, 0.1) is 0 Å². The summed E-state index contributed by atoms with van der Waals surface area (Å²) in [5.74, 6) is -0.639. The first kappa shape index (κ1) is 11.0. The lowest BCUT2D eigenvalue weighted by atomic mass is 10.4. The molecule has 0 spiro atoms. The Bertz CT molecular complexity index is 172. The summed E-state index contributed by atoms with van der Waals surface area (Å²) in [4.78, 5) is 9.51. The molecule has 0 saturated carbocycles. The van der Waals surface area contributed by atoms with Gasteiger partial charge in [-0.3, -0.25) is 4.79 Å². The maximum absolute atomic E-state index is 9.51. The Morgan fingerprint density at radius 3 is 1.50 bits per heavy atom. The molecule has 0 atom stereocenters. The molecule has 1 aromatic rings. The van der Waals surface area contributed by atoms with Crippen molar-refractivity contribution in [1.29, 1.82) is 0 Å². The Morgan fingerprint density at radius 1 is 1.08 bits per heavy atom. The zero-order valence-electron chi connectivity index (χ0n) is 6.61. The standard InChI is InChI=1S/C6H6.C3H5ClO2/c1-2-4-6-5-3-1;4-2-1-3(5)6/h1-6H;1-2H2,(H,5,6). The van der Waals surface area contributed by atoms with E-state index in [0.29, 0.717) is 0 Å². The number of aliphatic carboxylic acids is 1. The summed E-state index contributed by atoms with van der Waals surface area (Å²) in [6.07, 6.45) is 0.0571. The van der Waals surface area contributed by atoms with Crippen molar-refractivity contribution in [3.05, 3.63) is 36.4 Å². The van der Waals surface area contributed by atoms with E-state index in [0.717, 1.165) is 0 Å². The van der Waals surface area contributed by atoms with Crippen molar-refractivity contribution in [2.24, 2.45) is 0 Å². The van der Waals surface area contributed by atoms with E-state index in [2.05, 4.69) is 0 Å². The smallest absolute Gasteiger partial charge is 0.304 e. The largest absolute Gasteiger partial charge is 0.481 e.